The van der Waals surface area contributed by atoms with Crippen LogP contribution in [-0.2, 0) is 0 Å². The molecule has 110 valence electrons. The quantitative estimate of drug-likeness (QED) is 0.867. The third-order valence-corrected chi connectivity index (χ3v) is 3.68. The third kappa shape index (κ3) is 4.30. The molecule has 0 unspecified atom stereocenters. The van der Waals surface area contributed by atoms with Crippen LogP contribution in [0.4, 0.5) is 4.79 Å². The van der Waals surface area contributed by atoms with Crippen LogP contribution >= 0.6 is 11.6 Å². The van der Waals surface area contributed by atoms with Crippen molar-refractivity contribution in [2.45, 2.75) is 26.2 Å². The highest BCUT2D eigenvalue weighted by Gasteiger charge is 2.15. The number of likely N-dealkylation sites (tertiary alicyclic amines) is 1. The second-order valence-corrected chi connectivity index (χ2v) is 5.47. The largest absolute Gasteiger partial charge is 0.490 e. The summed E-state index contributed by atoms with van der Waals surface area (Å²) in [6.45, 7) is 4.61. The van der Waals surface area contributed by atoms with Crippen LogP contribution in [0.15, 0.2) is 18.2 Å². The van der Waals surface area contributed by atoms with Crippen LogP contribution in [0.25, 0.3) is 0 Å². The fourth-order valence-corrected chi connectivity index (χ4v) is 2.42. The number of hydrogen-bond acceptors (Lipinski definition) is 2. The lowest BCUT2D eigenvalue weighted by Gasteiger charge is -2.26. The maximum atomic E-state index is 11.9. The molecule has 1 aromatic rings. The van der Waals surface area contributed by atoms with E-state index in [0.29, 0.717) is 23.9 Å². The second-order valence-electron chi connectivity index (χ2n) is 5.06. The number of nitrogens with one attached hydrogen (secondary N) is 1. The lowest BCUT2D eigenvalue weighted by Crippen LogP contribution is -2.43. The Labute approximate surface area is 125 Å². The van der Waals surface area contributed by atoms with Crippen molar-refractivity contribution < 1.29 is 9.53 Å². The molecule has 1 saturated heterocycles. The van der Waals surface area contributed by atoms with Gasteiger partial charge in [0.15, 0.2) is 0 Å². The van der Waals surface area contributed by atoms with E-state index in [0.717, 1.165) is 31.5 Å². The molecule has 1 fully saturated rings. The van der Waals surface area contributed by atoms with Crippen molar-refractivity contribution >= 4 is 17.6 Å². The number of piperidine rings is 1. The molecular weight excluding hydrogens is 276 g/mol. The average molecular weight is 297 g/mol. The van der Waals surface area contributed by atoms with Crippen LogP contribution in [-0.4, -0.2) is 37.2 Å². The number of amides is 2. The number of rotatable bonds is 4. The van der Waals surface area contributed by atoms with Crippen LogP contribution in [0.1, 0.15) is 24.8 Å². The van der Waals surface area contributed by atoms with Crippen molar-refractivity contribution in [1.82, 2.24) is 10.2 Å². The van der Waals surface area contributed by atoms with Crippen LogP contribution in [0.2, 0.25) is 5.02 Å². The molecule has 0 aromatic heterocycles. The summed E-state index contributed by atoms with van der Waals surface area (Å²) in [4.78, 5) is 13.7. The molecule has 1 aliphatic rings. The second kappa shape index (κ2) is 7.39. The standard InChI is InChI=1S/C15H21ClN2O2/c1-12-5-6-13(16)14(11-12)20-10-7-17-15(19)18-8-3-2-4-9-18/h5-6,11H,2-4,7-10H2,1H3,(H,17,19). The predicted molar refractivity (Wildman–Crippen MR) is 80.5 cm³/mol. The van der Waals surface area contributed by atoms with Gasteiger partial charge >= 0.3 is 6.03 Å². The van der Waals surface area contributed by atoms with E-state index in [1.54, 1.807) is 0 Å². The Kier molecular flexibility index (Phi) is 5.53. The molecule has 0 atom stereocenters. The first-order valence-corrected chi connectivity index (χ1v) is 7.46. The van der Waals surface area contributed by atoms with E-state index in [1.807, 2.05) is 30.0 Å². The van der Waals surface area contributed by atoms with Crippen LogP contribution in [0, 0.1) is 6.92 Å². The zero-order chi connectivity index (χ0) is 14.4. The number of halogens is 1. The van der Waals surface area contributed by atoms with Crippen LogP contribution in [0.3, 0.4) is 0 Å². The average Bonchev–Trinajstić information content (AvgIpc) is 2.47. The van der Waals surface area contributed by atoms with E-state index in [2.05, 4.69) is 5.32 Å². The summed E-state index contributed by atoms with van der Waals surface area (Å²) in [5.74, 6) is 0.666. The summed E-state index contributed by atoms with van der Waals surface area (Å²) in [5, 5.41) is 3.47. The molecule has 0 radical (unpaired) electrons. The van der Waals surface area contributed by atoms with Gasteiger partial charge in [-0.05, 0) is 43.9 Å². The molecule has 5 heteroatoms. The normalized spacial score (nSPS) is 15.0. The number of nitrogens with zero attached hydrogens (tertiary/aromatic N) is 1. The van der Waals surface area contributed by atoms with Gasteiger partial charge in [0.1, 0.15) is 12.4 Å². The Hall–Kier alpha value is -1.42. The first kappa shape index (κ1) is 15.0. The maximum Gasteiger partial charge on any atom is 0.317 e. The minimum atomic E-state index is 0.00337. The summed E-state index contributed by atoms with van der Waals surface area (Å²) in [5.41, 5.74) is 1.10. The van der Waals surface area contributed by atoms with Crippen molar-refractivity contribution in [2.24, 2.45) is 0 Å². The Bertz CT molecular complexity index is 459. The number of ether oxygens (including phenoxy) is 1. The number of hydrogen-bond donors (Lipinski definition) is 1. The van der Waals surface area contributed by atoms with E-state index in [-0.39, 0.29) is 6.03 Å². The maximum absolute atomic E-state index is 11.9. The molecule has 0 aliphatic carbocycles. The molecular formula is C15H21ClN2O2. The molecule has 1 aromatic carbocycles. The summed E-state index contributed by atoms with van der Waals surface area (Å²) in [7, 11) is 0. The summed E-state index contributed by atoms with van der Waals surface area (Å²) in [6.07, 6.45) is 3.42. The van der Waals surface area contributed by atoms with Gasteiger partial charge < -0.3 is 15.0 Å². The zero-order valence-electron chi connectivity index (χ0n) is 11.8. The first-order valence-electron chi connectivity index (χ1n) is 7.08. The minimum Gasteiger partial charge on any atom is -0.490 e. The zero-order valence-corrected chi connectivity index (χ0v) is 12.6. The summed E-state index contributed by atoms with van der Waals surface area (Å²) < 4.78 is 5.59. The monoisotopic (exact) mass is 296 g/mol. The van der Waals surface area contributed by atoms with Gasteiger partial charge in [-0.1, -0.05) is 17.7 Å². The Balaban J connectivity index is 1.70. The van der Waals surface area contributed by atoms with E-state index in [4.69, 9.17) is 16.3 Å². The summed E-state index contributed by atoms with van der Waals surface area (Å²) in [6, 6.07) is 5.66. The minimum absolute atomic E-state index is 0.00337. The smallest absolute Gasteiger partial charge is 0.317 e. The fourth-order valence-electron chi connectivity index (χ4n) is 2.25. The Morgan fingerprint density at radius 3 is 2.85 bits per heavy atom. The van der Waals surface area contributed by atoms with Crippen molar-refractivity contribution in [2.75, 3.05) is 26.2 Å². The molecule has 2 amide bonds. The SMILES string of the molecule is Cc1ccc(Cl)c(OCCNC(=O)N2CCCCC2)c1. The van der Waals surface area contributed by atoms with E-state index >= 15 is 0 Å². The molecule has 0 spiro atoms. The highest BCUT2D eigenvalue weighted by Crippen LogP contribution is 2.24. The summed E-state index contributed by atoms with van der Waals surface area (Å²) >= 11 is 6.04. The Morgan fingerprint density at radius 2 is 2.10 bits per heavy atom. The molecule has 2 rings (SSSR count). The number of aryl methyl sites for hydroxylation is 1. The molecule has 1 heterocycles. The number of benzene rings is 1. The fraction of sp³-hybridized carbons (Fsp3) is 0.533. The first-order chi connectivity index (χ1) is 9.66. The molecule has 0 saturated carbocycles. The van der Waals surface area contributed by atoms with Gasteiger partial charge in [0.2, 0.25) is 0 Å². The lowest BCUT2D eigenvalue weighted by molar-refractivity contribution is 0.184. The van der Waals surface area contributed by atoms with Crippen LogP contribution < -0.4 is 10.1 Å². The molecule has 1 aliphatic heterocycles. The molecule has 20 heavy (non-hydrogen) atoms. The lowest BCUT2D eigenvalue weighted by atomic mass is 10.1. The predicted octanol–water partition coefficient (Wildman–Crippen LogP) is 3.22. The molecule has 4 nitrogen and oxygen atoms in total. The van der Waals surface area contributed by atoms with Gasteiger partial charge in [-0.15, -0.1) is 0 Å². The topological polar surface area (TPSA) is 41.6 Å². The Morgan fingerprint density at radius 1 is 1.35 bits per heavy atom. The van der Waals surface area contributed by atoms with Gasteiger partial charge in [0.25, 0.3) is 0 Å². The van der Waals surface area contributed by atoms with Crippen molar-refractivity contribution in [3.63, 3.8) is 0 Å². The van der Waals surface area contributed by atoms with E-state index in [1.165, 1.54) is 6.42 Å². The van der Waals surface area contributed by atoms with Gasteiger partial charge in [0, 0.05) is 13.1 Å². The van der Waals surface area contributed by atoms with Gasteiger partial charge in [-0.3, -0.25) is 0 Å². The van der Waals surface area contributed by atoms with Gasteiger partial charge in [0.05, 0.1) is 11.6 Å². The number of urea groups is 1. The third-order valence-electron chi connectivity index (χ3n) is 3.37. The van der Waals surface area contributed by atoms with Crippen molar-refractivity contribution in [1.29, 1.82) is 0 Å². The molecule has 1 N–H and O–H groups in total. The van der Waals surface area contributed by atoms with Gasteiger partial charge in [-0.25, -0.2) is 4.79 Å². The molecule has 0 bridgehead atoms. The van der Waals surface area contributed by atoms with Crippen LogP contribution in [0.5, 0.6) is 5.75 Å². The van der Waals surface area contributed by atoms with Crippen molar-refractivity contribution in [3.05, 3.63) is 28.8 Å². The van der Waals surface area contributed by atoms with E-state index < -0.39 is 0 Å². The van der Waals surface area contributed by atoms with Crippen molar-refractivity contribution in [3.8, 4) is 5.75 Å². The number of carbonyl (C=O) groups excluding carboxylic acids is 1. The number of carbonyl (C=O) groups is 1. The van der Waals surface area contributed by atoms with Gasteiger partial charge in [-0.2, -0.15) is 0 Å². The van der Waals surface area contributed by atoms with E-state index in [9.17, 15) is 4.79 Å². The highest BCUT2D eigenvalue weighted by atomic mass is 35.5. The highest BCUT2D eigenvalue weighted by molar-refractivity contribution is 6.32.